The second-order valence-corrected chi connectivity index (χ2v) is 4.49. The van der Waals surface area contributed by atoms with Gasteiger partial charge in [0.15, 0.2) is 0 Å². The van der Waals surface area contributed by atoms with Crippen LogP contribution in [-0.4, -0.2) is 22.9 Å². The van der Waals surface area contributed by atoms with Crippen molar-refractivity contribution in [1.29, 1.82) is 0 Å². The van der Waals surface area contributed by atoms with Gasteiger partial charge in [0.1, 0.15) is 0 Å². The smallest absolute Gasteiger partial charge is 0.0521 e. The summed E-state index contributed by atoms with van der Waals surface area (Å²) in [5, 5.41) is 7.59. The van der Waals surface area contributed by atoms with Crippen molar-refractivity contribution in [3.8, 4) is 0 Å². The molecule has 1 N–H and O–H groups in total. The normalized spacial score (nSPS) is 15.2. The standard InChI is InChI=1S/C12H23N3/c1-5-13-7-11(3)10(2)6-12-8-14-15(4)9-12/h8-11,13H,5-7H2,1-4H3. The van der Waals surface area contributed by atoms with E-state index in [9.17, 15) is 0 Å². The van der Waals surface area contributed by atoms with Gasteiger partial charge in [-0.3, -0.25) is 4.68 Å². The minimum atomic E-state index is 0.702. The van der Waals surface area contributed by atoms with E-state index in [2.05, 4.69) is 37.4 Å². The molecule has 1 heterocycles. The van der Waals surface area contributed by atoms with Crippen molar-refractivity contribution in [2.24, 2.45) is 18.9 Å². The molecule has 0 aliphatic heterocycles. The average molecular weight is 209 g/mol. The zero-order valence-electron chi connectivity index (χ0n) is 10.3. The van der Waals surface area contributed by atoms with Crippen LogP contribution < -0.4 is 5.32 Å². The van der Waals surface area contributed by atoms with Crippen LogP contribution in [0.4, 0.5) is 0 Å². The van der Waals surface area contributed by atoms with E-state index in [0.29, 0.717) is 11.8 Å². The van der Waals surface area contributed by atoms with E-state index in [-0.39, 0.29) is 0 Å². The van der Waals surface area contributed by atoms with Crippen molar-refractivity contribution in [2.75, 3.05) is 13.1 Å². The summed E-state index contributed by atoms with van der Waals surface area (Å²) in [5.41, 5.74) is 1.34. The van der Waals surface area contributed by atoms with Crippen molar-refractivity contribution in [1.82, 2.24) is 15.1 Å². The third-order valence-electron chi connectivity index (χ3n) is 3.00. The molecule has 0 bridgehead atoms. The summed E-state index contributed by atoms with van der Waals surface area (Å²) >= 11 is 0. The number of nitrogens with one attached hydrogen (secondary N) is 1. The molecule has 0 aromatic carbocycles. The van der Waals surface area contributed by atoms with Crippen LogP contribution in [0.3, 0.4) is 0 Å². The highest BCUT2D eigenvalue weighted by molar-refractivity contribution is 5.04. The molecule has 3 nitrogen and oxygen atoms in total. The van der Waals surface area contributed by atoms with Gasteiger partial charge in [0, 0.05) is 13.2 Å². The van der Waals surface area contributed by atoms with Crippen LogP contribution in [0.5, 0.6) is 0 Å². The van der Waals surface area contributed by atoms with Gasteiger partial charge in [-0.1, -0.05) is 20.8 Å². The van der Waals surface area contributed by atoms with E-state index < -0.39 is 0 Å². The molecule has 0 saturated carbocycles. The topological polar surface area (TPSA) is 29.9 Å². The predicted molar refractivity (Wildman–Crippen MR) is 63.8 cm³/mol. The highest BCUT2D eigenvalue weighted by Gasteiger charge is 2.12. The second kappa shape index (κ2) is 5.91. The number of nitrogens with zero attached hydrogens (tertiary/aromatic N) is 2. The molecule has 1 aromatic heterocycles. The van der Waals surface area contributed by atoms with Gasteiger partial charge < -0.3 is 5.32 Å². The van der Waals surface area contributed by atoms with Gasteiger partial charge in [-0.2, -0.15) is 5.10 Å². The van der Waals surface area contributed by atoms with Crippen LogP contribution in [0, 0.1) is 11.8 Å². The molecule has 0 radical (unpaired) electrons. The van der Waals surface area contributed by atoms with E-state index in [0.717, 1.165) is 19.5 Å². The minimum absolute atomic E-state index is 0.702. The Kier molecular flexibility index (Phi) is 4.82. The third kappa shape index (κ3) is 4.04. The molecular formula is C12H23N3. The summed E-state index contributed by atoms with van der Waals surface area (Å²) in [6.07, 6.45) is 5.20. The zero-order valence-corrected chi connectivity index (χ0v) is 10.3. The maximum atomic E-state index is 4.19. The first kappa shape index (κ1) is 12.2. The largest absolute Gasteiger partial charge is 0.317 e. The molecule has 86 valence electrons. The van der Waals surface area contributed by atoms with Crippen LogP contribution in [-0.2, 0) is 13.5 Å². The molecule has 3 heteroatoms. The van der Waals surface area contributed by atoms with E-state index in [1.165, 1.54) is 5.56 Å². The fourth-order valence-corrected chi connectivity index (χ4v) is 1.72. The summed E-state index contributed by atoms with van der Waals surface area (Å²) in [6, 6.07) is 0. The van der Waals surface area contributed by atoms with Crippen molar-refractivity contribution in [3.63, 3.8) is 0 Å². The van der Waals surface area contributed by atoms with Crippen molar-refractivity contribution >= 4 is 0 Å². The summed E-state index contributed by atoms with van der Waals surface area (Å²) in [4.78, 5) is 0. The van der Waals surface area contributed by atoms with Gasteiger partial charge in [0.2, 0.25) is 0 Å². The predicted octanol–water partition coefficient (Wildman–Crippen LogP) is 1.84. The summed E-state index contributed by atoms with van der Waals surface area (Å²) in [7, 11) is 1.97. The quantitative estimate of drug-likeness (QED) is 0.775. The zero-order chi connectivity index (χ0) is 11.3. The van der Waals surface area contributed by atoms with Gasteiger partial charge in [0.25, 0.3) is 0 Å². The lowest BCUT2D eigenvalue weighted by atomic mass is 9.90. The molecule has 0 aliphatic rings. The van der Waals surface area contributed by atoms with Gasteiger partial charge in [-0.15, -0.1) is 0 Å². The Morgan fingerprint density at radius 3 is 2.67 bits per heavy atom. The third-order valence-corrected chi connectivity index (χ3v) is 3.00. The lowest BCUT2D eigenvalue weighted by Gasteiger charge is -2.19. The van der Waals surface area contributed by atoms with Crippen molar-refractivity contribution < 1.29 is 0 Å². The molecule has 2 atom stereocenters. The Morgan fingerprint density at radius 2 is 2.13 bits per heavy atom. The molecule has 1 rings (SSSR count). The van der Waals surface area contributed by atoms with Crippen LogP contribution in [0.15, 0.2) is 12.4 Å². The van der Waals surface area contributed by atoms with E-state index >= 15 is 0 Å². The molecule has 2 unspecified atom stereocenters. The van der Waals surface area contributed by atoms with Gasteiger partial charge in [0.05, 0.1) is 6.20 Å². The van der Waals surface area contributed by atoms with Crippen molar-refractivity contribution in [3.05, 3.63) is 18.0 Å². The lowest BCUT2D eigenvalue weighted by Crippen LogP contribution is -2.25. The van der Waals surface area contributed by atoms with Crippen LogP contribution in [0.25, 0.3) is 0 Å². The average Bonchev–Trinajstić information content (AvgIpc) is 2.60. The highest BCUT2D eigenvalue weighted by atomic mass is 15.2. The van der Waals surface area contributed by atoms with Gasteiger partial charge >= 0.3 is 0 Å². The monoisotopic (exact) mass is 209 g/mol. The molecule has 1 aromatic rings. The molecule has 0 fully saturated rings. The highest BCUT2D eigenvalue weighted by Crippen LogP contribution is 2.15. The number of aryl methyl sites for hydroxylation is 1. The Labute approximate surface area is 92.9 Å². The first-order chi connectivity index (χ1) is 7.13. The number of aromatic nitrogens is 2. The summed E-state index contributed by atoms with van der Waals surface area (Å²) in [6.45, 7) is 8.94. The maximum absolute atomic E-state index is 4.19. The molecule has 0 spiro atoms. The number of hydrogen-bond donors (Lipinski definition) is 1. The van der Waals surface area contributed by atoms with E-state index in [1.54, 1.807) is 0 Å². The Hall–Kier alpha value is -0.830. The fourth-order valence-electron chi connectivity index (χ4n) is 1.72. The Bertz CT molecular complexity index is 280. The van der Waals surface area contributed by atoms with Crippen molar-refractivity contribution in [2.45, 2.75) is 27.2 Å². The SMILES string of the molecule is CCNCC(C)C(C)Cc1cnn(C)c1. The Balaban J connectivity index is 2.37. The van der Waals surface area contributed by atoms with Gasteiger partial charge in [-0.25, -0.2) is 0 Å². The maximum Gasteiger partial charge on any atom is 0.0521 e. The Morgan fingerprint density at radius 1 is 1.40 bits per heavy atom. The molecule has 0 amide bonds. The van der Waals surface area contributed by atoms with E-state index in [4.69, 9.17) is 0 Å². The number of hydrogen-bond acceptors (Lipinski definition) is 2. The molecule has 0 aliphatic carbocycles. The first-order valence-electron chi connectivity index (χ1n) is 5.81. The van der Waals surface area contributed by atoms with Crippen LogP contribution in [0.1, 0.15) is 26.3 Å². The molecular weight excluding hydrogens is 186 g/mol. The van der Waals surface area contributed by atoms with Gasteiger partial charge in [-0.05, 0) is 36.9 Å². The molecule has 0 saturated heterocycles. The first-order valence-corrected chi connectivity index (χ1v) is 5.81. The summed E-state index contributed by atoms with van der Waals surface area (Å²) < 4.78 is 1.87. The second-order valence-electron chi connectivity index (χ2n) is 4.49. The summed E-state index contributed by atoms with van der Waals surface area (Å²) in [5.74, 6) is 1.42. The molecule has 15 heavy (non-hydrogen) atoms. The fraction of sp³-hybridized carbons (Fsp3) is 0.750. The van der Waals surface area contributed by atoms with E-state index in [1.807, 2.05) is 17.9 Å². The minimum Gasteiger partial charge on any atom is -0.317 e. The lowest BCUT2D eigenvalue weighted by molar-refractivity contribution is 0.368. The number of rotatable bonds is 6. The van der Waals surface area contributed by atoms with Crippen LogP contribution in [0.2, 0.25) is 0 Å². The van der Waals surface area contributed by atoms with Crippen LogP contribution >= 0.6 is 0 Å².